The zero-order chi connectivity index (χ0) is 29.9. The quantitative estimate of drug-likeness (QED) is 0.192. The summed E-state index contributed by atoms with van der Waals surface area (Å²) in [4.78, 5) is 4.76. The van der Waals surface area contributed by atoms with Crippen LogP contribution in [0.5, 0.6) is 0 Å². The van der Waals surface area contributed by atoms with Gasteiger partial charge in [-0.2, -0.15) is 0 Å². The lowest BCUT2D eigenvalue weighted by atomic mass is 9.99. The highest BCUT2D eigenvalue weighted by Gasteiger charge is 2.19. The van der Waals surface area contributed by atoms with Gasteiger partial charge in [0.05, 0.1) is 0 Å². The molecule has 0 radical (unpaired) electrons. The van der Waals surface area contributed by atoms with Gasteiger partial charge in [-0.05, 0) is 122 Å². The van der Waals surface area contributed by atoms with E-state index in [0.717, 1.165) is 5.69 Å². The topological polar surface area (TPSA) is 6.48 Å². The Balaban J connectivity index is 1.39. The number of aryl methyl sites for hydroxylation is 5. The third-order valence-electron chi connectivity index (χ3n) is 8.32. The molecule has 0 fully saturated rings. The first kappa shape index (κ1) is 28.1. The zero-order valence-corrected chi connectivity index (χ0v) is 25.7. The Kier molecular flexibility index (Phi) is 7.85. The molecule has 43 heavy (non-hydrogen) atoms. The predicted molar refractivity (Wildman–Crippen MR) is 185 cm³/mol. The van der Waals surface area contributed by atoms with Gasteiger partial charge in [0.1, 0.15) is 0 Å². The number of hydrogen-bond acceptors (Lipinski definition) is 2. The molecule has 0 aliphatic heterocycles. The molecule has 0 aliphatic rings. The second-order valence-corrected chi connectivity index (χ2v) is 11.4. The van der Waals surface area contributed by atoms with Gasteiger partial charge >= 0.3 is 0 Å². The number of anilines is 6. The van der Waals surface area contributed by atoms with E-state index in [1.807, 2.05) is 0 Å². The molecule has 0 saturated carbocycles. The third kappa shape index (κ3) is 5.57. The summed E-state index contributed by atoms with van der Waals surface area (Å²) >= 11 is 0. The lowest BCUT2D eigenvalue weighted by Gasteiger charge is -2.30. The van der Waals surface area contributed by atoms with Crippen molar-refractivity contribution in [3.63, 3.8) is 0 Å². The SMILES string of the molecule is Cc1ccccc1N(c1ccc(-c2ccc(N(c3ccccc3C)c3ccccc3C)c(C)c2)cc1)c1ccccc1C. The summed E-state index contributed by atoms with van der Waals surface area (Å²) in [7, 11) is 0. The van der Waals surface area contributed by atoms with Crippen LogP contribution >= 0.6 is 0 Å². The molecule has 0 saturated heterocycles. The van der Waals surface area contributed by atoms with Crippen LogP contribution in [0.4, 0.5) is 34.1 Å². The van der Waals surface area contributed by atoms with Crippen molar-refractivity contribution in [2.24, 2.45) is 0 Å². The summed E-state index contributed by atoms with van der Waals surface area (Å²) in [5, 5.41) is 0. The number of para-hydroxylation sites is 4. The summed E-state index contributed by atoms with van der Waals surface area (Å²) < 4.78 is 0. The standard InChI is InChI=1S/C41H38N2/c1-29-14-6-10-18-37(29)42(38-19-11-7-15-30(38)2)36-25-22-34(23-26-36)35-24-27-41(33(5)28-35)43(39-20-12-8-16-31(39)3)40-21-13-9-17-32(40)4/h6-28H,1-5H3. The van der Waals surface area contributed by atoms with Gasteiger partial charge in [0, 0.05) is 34.1 Å². The first-order chi connectivity index (χ1) is 20.9. The van der Waals surface area contributed by atoms with Gasteiger partial charge < -0.3 is 9.80 Å². The van der Waals surface area contributed by atoms with Crippen molar-refractivity contribution >= 4 is 34.1 Å². The number of hydrogen-bond donors (Lipinski definition) is 0. The van der Waals surface area contributed by atoms with E-state index < -0.39 is 0 Å². The molecule has 0 N–H and O–H groups in total. The van der Waals surface area contributed by atoms with Crippen LogP contribution in [-0.2, 0) is 0 Å². The van der Waals surface area contributed by atoms with Crippen molar-refractivity contribution in [2.75, 3.05) is 9.80 Å². The fraction of sp³-hybridized carbons (Fsp3) is 0.122. The molecule has 6 aromatic carbocycles. The fourth-order valence-corrected chi connectivity index (χ4v) is 5.94. The molecule has 0 heterocycles. The largest absolute Gasteiger partial charge is 0.310 e. The molecule has 0 bridgehead atoms. The molecule has 212 valence electrons. The lowest BCUT2D eigenvalue weighted by molar-refractivity contribution is 1.20. The summed E-state index contributed by atoms with van der Waals surface area (Å²) in [5.74, 6) is 0. The van der Waals surface area contributed by atoms with E-state index in [2.05, 4.69) is 184 Å². The zero-order valence-electron chi connectivity index (χ0n) is 25.7. The Hall–Kier alpha value is -5.08. The van der Waals surface area contributed by atoms with Crippen molar-refractivity contribution in [3.8, 4) is 11.1 Å². The number of benzene rings is 6. The van der Waals surface area contributed by atoms with Crippen LogP contribution in [0, 0.1) is 34.6 Å². The van der Waals surface area contributed by atoms with Gasteiger partial charge in [-0.1, -0.05) is 91.0 Å². The number of nitrogens with zero attached hydrogens (tertiary/aromatic N) is 2. The van der Waals surface area contributed by atoms with Crippen molar-refractivity contribution in [2.45, 2.75) is 34.6 Å². The Morgan fingerprint density at radius 1 is 0.302 bits per heavy atom. The Bertz CT molecular complexity index is 1790. The van der Waals surface area contributed by atoms with E-state index in [-0.39, 0.29) is 0 Å². The molecule has 0 atom stereocenters. The smallest absolute Gasteiger partial charge is 0.0491 e. The minimum atomic E-state index is 1.14. The molecular weight excluding hydrogens is 520 g/mol. The average Bonchev–Trinajstić information content (AvgIpc) is 3.02. The Morgan fingerprint density at radius 3 is 1.05 bits per heavy atom. The first-order valence-corrected chi connectivity index (χ1v) is 15.0. The van der Waals surface area contributed by atoms with Gasteiger partial charge in [-0.15, -0.1) is 0 Å². The molecule has 0 aliphatic carbocycles. The van der Waals surface area contributed by atoms with Gasteiger partial charge in [0.25, 0.3) is 0 Å². The maximum absolute atomic E-state index is 2.40. The summed E-state index contributed by atoms with van der Waals surface area (Å²) in [6.45, 7) is 10.9. The van der Waals surface area contributed by atoms with Crippen LogP contribution in [0.2, 0.25) is 0 Å². The van der Waals surface area contributed by atoms with Gasteiger partial charge in [0.15, 0.2) is 0 Å². The fourth-order valence-electron chi connectivity index (χ4n) is 5.94. The van der Waals surface area contributed by atoms with Crippen LogP contribution in [-0.4, -0.2) is 0 Å². The van der Waals surface area contributed by atoms with Crippen molar-refractivity contribution in [3.05, 3.63) is 167 Å². The Labute approximate surface area is 256 Å². The highest BCUT2D eigenvalue weighted by Crippen LogP contribution is 2.42. The molecule has 0 unspecified atom stereocenters. The summed E-state index contributed by atoms with van der Waals surface area (Å²) in [5.41, 5.74) is 15.7. The molecule has 0 aromatic heterocycles. The van der Waals surface area contributed by atoms with E-state index >= 15 is 0 Å². The van der Waals surface area contributed by atoms with E-state index in [0.29, 0.717) is 0 Å². The highest BCUT2D eigenvalue weighted by molar-refractivity contribution is 5.84. The van der Waals surface area contributed by atoms with E-state index in [9.17, 15) is 0 Å². The van der Waals surface area contributed by atoms with Gasteiger partial charge in [-0.3, -0.25) is 0 Å². The van der Waals surface area contributed by atoms with Gasteiger partial charge in [0.2, 0.25) is 0 Å². The average molecular weight is 559 g/mol. The van der Waals surface area contributed by atoms with E-state index in [4.69, 9.17) is 0 Å². The summed E-state index contributed by atoms with van der Waals surface area (Å²) in [6.07, 6.45) is 0. The molecule has 6 rings (SSSR count). The van der Waals surface area contributed by atoms with Crippen LogP contribution in [0.15, 0.2) is 140 Å². The van der Waals surface area contributed by atoms with Crippen LogP contribution in [0.25, 0.3) is 11.1 Å². The van der Waals surface area contributed by atoms with Crippen molar-refractivity contribution < 1.29 is 0 Å². The van der Waals surface area contributed by atoms with Crippen molar-refractivity contribution in [1.82, 2.24) is 0 Å². The van der Waals surface area contributed by atoms with Crippen LogP contribution < -0.4 is 9.80 Å². The van der Waals surface area contributed by atoms with E-state index in [1.165, 1.54) is 67.4 Å². The third-order valence-corrected chi connectivity index (χ3v) is 8.32. The molecular formula is C41H38N2. The molecule has 2 nitrogen and oxygen atoms in total. The van der Waals surface area contributed by atoms with Gasteiger partial charge in [-0.25, -0.2) is 0 Å². The highest BCUT2D eigenvalue weighted by atomic mass is 15.2. The minimum absolute atomic E-state index is 1.14. The predicted octanol–water partition coefficient (Wildman–Crippen LogP) is 11.8. The molecule has 6 aromatic rings. The number of rotatable bonds is 7. The molecule has 0 spiro atoms. The Morgan fingerprint density at radius 2 is 0.651 bits per heavy atom. The summed E-state index contributed by atoms with van der Waals surface area (Å²) in [6, 6.07) is 50.2. The minimum Gasteiger partial charge on any atom is -0.310 e. The maximum Gasteiger partial charge on any atom is 0.0491 e. The molecule has 0 amide bonds. The second kappa shape index (κ2) is 12.0. The lowest BCUT2D eigenvalue weighted by Crippen LogP contribution is -2.13. The monoisotopic (exact) mass is 558 g/mol. The van der Waals surface area contributed by atoms with Crippen molar-refractivity contribution in [1.29, 1.82) is 0 Å². The van der Waals surface area contributed by atoms with Crippen LogP contribution in [0.3, 0.4) is 0 Å². The first-order valence-electron chi connectivity index (χ1n) is 15.0. The van der Waals surface area contributed by atoms with E-state index in [1.54, 1.807) is 0 Å². The maximum atomic E-state index is 2.40. The second-order valence-electron chi connectivity index (χ2n) is 11.4. The van der Waals surface area contributed by atoms with Crippen LogP contribution in [0.1, 0.15) is 27.8 Å². The molecule has 2 heteroatoms. The normalized spacial score (nSPS) is 10.9.